The number of rotatable bonds is 1. The molecule has 1 amide bonds. The van der Waals surface area contributed by atoms with Crippen LogP contribution in [0.15, 0.2) is 30.3 Å². The summed E-state index contributed by atoms with van der Waals surface area (Å²) in [5, 5.41) is 0.615. The van der Waals surface area contributed by atoms with E-state index in [1.807, 2.05) is 0 Å². The molecule has 0 aliphatic carbocycles. The minimum absolute atomic E-state index is 0.124. The molecule has 4 nitrogen and oxygen atoms in total. The van der Waals surface area contributed by atoms with Crippen molar-refractivity contribution in [1.82, 2.24) is 4.90 Å². The predicted molar refractivity (Wildman–Crippen MR) is 100 cm³/mol. The van der Waals surface area contributed by atoms with Crippen molar-refractivity contribution in [3.05, 3.63) is 63.1 Å². The first-order valence-corrected chi connectivity index (χ1v) is 9.49. The van der Waals surface area contributed by atoms with Gasteiger partial charge in [0.15, 0.2) is 5.78 Å². The first-order valence-electron chi connectivity index (χ1n) is 8.74. The molecule has 2 aliphatic rings. The van der Waals surface area contributed by atoms with Gasteiger partial charge in [0.25, 0.3) is 5.91 Å². The van der Waals surface area contributed by atoms with E-state index >= 15 is 0 Å². The Morgan fingerprint density at radius 1 is 1.11 bits per heavy atom. The summed E-state index contributed by atoms with van der Waals surface area (Å²) < 4.78 is 33.4. The molecule has 2 aromatic rings. The van der Waals surface area contributed by atoms with Gasteiger partial charge in [-0.25, -0.2) is 8.78 Å². The van der Waals surface area contributed by atoms with Crippen molar-refractivity contribution in [3.8, 4) is 5.75 Å². The van der Waals surface area contributed by atoms with Crippen LogP contribution < -0.4 is 4.74 Å². The zero-order valence-electron chi connectivity index (χ0n) is 14.6. The summed E-state index contributed by atoms with van der Waals surface area (Å²) in [7, 11) is 0. The first kappa shape index (κ1) is 19.2. The molecule has 2 aliphatic heterocycles. The number of ether oxygens (including phenoxy) is 1. The number of hydrogen-bond acceptors (Lipinski definition) is 3. The fourth-order valence-electron chi connectivity index (χ4n) is 3.74. The molecule has 0 radical (unpaired) electrons. The second-order valence-corrected chi connectivity index (χ2v) is 7.91. The fraction of sp³-hybridized carbons (Fsp3) is 0.300. The number of carbonyl (C=O) groups excluding carboxylic acids is 2. The minimum Gasteiger partial charge on any atom is -0.484 e. The molecule has 0 saturated carbocycles. The summed E-state index contributed by atoms with van der Waals surface area (Å²) in [5.41, 5.74) is -0.734. The monoisotopic (exact) mass is 425 g/mol. The first-order chi connectivity index (χ1) is 13.3. The Balaban J connectivity index is 1.53. The van der Waals surface area contributed by atoms with Crippen molar-refractivity contribution < 1.29 is 23.1 Å². The lowest BCUT2D eigenvalue weighted by molar-refractivity contribution is -0.00575. The molecular formula is C20H15Cl2F2NO3. The third-order valence-electron chi connectivity index (χ3n) is 5.23. The molecule has 2 aromatic carbocycles. The molecule has 0 bridgehead atoms. The van der Waals surface area contributed by atoms with Gasteiger partial charge in [0.05, 0.1) is 22.6 Å². The van der Waals surface area contributed by atoms with Gasteiger partial charge in [-0.3, -0.25) is 9.59 Å². The van der Waals surface area contributed by atoms with Gasteiger partial charge in [-0.15, -0.1) is 0 Å². The number of fused-ring (bicyclic) bond motifs is 1. The third kappa shape index (κ3) is 3.35. The van der Waals surface area contributed by atoms with Crippen LogP contribution in [0.4, 0.5) is 8.78 Å². The Kier molecular flexibility index (Phi) is 4.79. The topological polar surface area (TPSA) is 46.6 Å². The van der Waals surface area contributed by atoms with Gasteiger partial charge >= 0.3 is 0 Å². The number of likely N-dealkylation sites (tertiary alicyclic amines) is 1. The summed E-state index contributed by atoms with van der Waals surface area (Å²) >= 11 is 12.2. The van der Waals surface area contributed by atoms with Crippen molar-refractivity contribution in [2.75, 3.05) is 13.1 Å². The molecule has 1 spiro atoms. The van der Waals surface area contributed by atoms with Gasteiger partial charge in [0.2, 0.25) is 0 Å². The average Bonchev–Trinajstić information content (AvgIpc) is 2.65. The number of nitrogens with zero attached hydrogens (tertiary/aromatic N) is 1. The Morgan fingerprint density at radius 3 is 2.54 bits per heavy atom. The van der Waals surface area contributed by atoms with Crippen LogP contribution in [0.2, 0.25) is 10.0 Å². The van der Waals surface area contributed by atoms with E-state index in [9.17, 15) is 18.4 Å². The quantitative estimate of drug-likeness (QED) is 0.651. The van der Waals surface area contributed by atoms with Crippen LogP contribution in [0.5, 0.6) is 5.75 Å². The van der Waals surface area contributed by atoms with E-state index in [4.69, 9.17) is 27.9 Å². The van der Waals surface area contributed by atoms with Crippen molar-refractivity contribution in [1.29, 1.82) is 0 Å². The summed E-state index contributed by atoms with van der Waals surface area (Å²) in [6, 6.07) is 5.83. The highest BCUT2D eigenvalue weighted by Gasteiger charge is 2.44. The molecule has 1 saturated heterocycles. The van der Waals surface area contributed by atoms with Crippen LogP contribution in [-0.4, -0.2) is 35.3 Å². The lowest BCUT2D eigenvalue weighted by Gasteiger charge is -2.44. The summed E-state index contributed by atoms with van der Waals surface area (Å²) in [4.78, 5) is 26.6. The van der Waals surface area contributed by atoms with Crippen molar-refractivity contribution in [3.63, 3.8) is 0 Å². The highest BCUT2D eigenvalue weighted by molar-refractivity contribution is 6.36. The standard InChI is InChI=1S/C20H15Cl2F2NO3/c21-11-7-14-17(26)10-20(28-18(14)15(22)8-11)3-5-25(6-4-20)19(27)13-9-12(23)1-2-16(13)24/h1-2,7-9H,3-6,10H2. The molecule has 1 fully saturated rings. The molecule has 146 valence electrons. The van der Waals surface area contributed by atoms with Crippen LogP contribution in [0, 0.1) is 11.6 Å². The molecule has 4 rings (SSSR count). The van der Waals surface area contributed by atoms with E-state index in [1.165, 1.54) is 17.0 Å². The largest absolute Gasteiger partial charge is 0.484 e. The number of amides is 1. The Morgan fingerprint density at radius 2 is 1.82 bits per heavy atom. The van der Waals surface area contributed by atoms with Gasteiger partial charge in [-0.2, -0.15) is 0 Å². The number of ketones is 1. The molecule has 8 heteroatoms. The summed E-state index contributed by atoms with van der Waals surface area (Å²) in [6.45, 7) is 0.505. The molecule has 0 unspecified atom stereocenters. The van der Waals surface area contributed by atoms with Gasteiger partial charge < -0.3 is 9.64 Å². The van der Waals surface area contributed by atoms with Crippen molar-refractivity contribution >= 4 is 34.9 Å². The molecule has 28 heavy (non-hydrogen) atoms. The highest BCUT2D eigenvalue weighted by Crippen LogP contribution is 2.44. The number of hydrogen-bond donors (Lipinski definition) is 0. The third-order valence-corrected chi connectivity index (χ3v) is 5.73. The van der Waals surface area contributed by atoms with Crippen LogP contribution in [0.3, 0.4) is 0 Å². The van der Waals surface area contributed by atoms with E-state index in [1.54, 1.807) is 0 Å². The second kappa shape index (κ2) is 7.01. The zero-order valence-corrected chi connectivity index (χ0v) is 16.1. The fourth-order valence-corrected chi connectivity index (χ4v) is 4.27. The Bertz CT molecular complexity index is 988. The SMILES string of the molecule is O=C1CC2(CCN(C(=O)c3cc(F)ccc3F)CC2)Oc2c(Cl)cc(Cl)cc21. The number of carbonyl (C=O) groups is 2. The Labute approximate surface area is 170 Å². The number of piperidine rings is 1. The van der Waals surface area contributed by atoms with E-state index in [-0.39, 0.29) is 35.9 Å². The van der Waals surface area contributed by atoms with Crippen LogP contribution in [-0.2, 0) is 0 Å². The van der Waals surface area contributed by atoms with Gasteiger partial charge in [0, 0.05) is 31.0 Å². The van der Waals surface area contributed by atoms with Crippen molar-refractivity contribution in [2.24, 2.45) is 0 Å². The lowest BCUT2D eigenvalue weighted by Crippen LogP contribution is -2.52. The van der Waals surface area contributed by atoms with Gasteiger partial charge in [-0.1, -0.05) is 23.2 Å². The number of Topliss-reactive ketones (excluding diaryl/α,β-unsaturated/α-hetero) is 1. The number of halogens is 4. The summed E-state index contributed by atoms with van der Waals surface area (Å²) in [5.74, 6) is -1.85. The molecule has 0 atom stereocenters. The summed E-state index contributed by atoms with van der Waals surface area (Å²) in [6.07, 6.45) is 0.895. The zero-order chi connectivity index (χ0) is 20.1. The maximum atomic E-state index is 13.9. The van der Waals surface area contributed by atoms with Crippen LogP contribution >= 0.6 is 23.2 Å². The average molecular weight is 426 g/mol. The molecule has 0 N–H and O–H groups in total. The van der Waals surface area contributed by atoms with Gasteiger partial charge in [-0.05, 0) is 30.3 Å². The predicted octanol–water partition coefficient (Wildman–Crippen LogP) is 4.91. The second-order valence-electron chi connectivity index (χ2n) is 7.07. The molecular weight excluding hydrogens is 411 g/mol. The van der Waals surface area contributed by atoms with Crippen LogP contribution in [0.25, 0.3) is 0 Å². The highest BCUT2D eigenvalue weighted by atomic mass is 35.5. The smallest absolute Gasteiger partial charge is 0.256 e. The molecule has 2 heterocycles. The van der Waals surface area contributed by atoms with E-state index in [0.29, 0.717) is 29.2 Å². The molecule has 0 aromatic heterocycles. The minimum atomic E-state index is -0.779. The van der Waals surface area contributed by atoms with E-state index in [0.717, 1.165) is 18.2 Å². The van der Waals surface area contributed by atoms with Crippen molar-refractivity contribution in [2.45, 2.75) is 24.9 Å². The number of benzene rings is 2. The maximum absolute atomic E-state index is 13.9. The van der Waals surface area contributed by atoms with E-state index in [2.05, 4.69) is 0 Å². The van der Waals surface area contributed by atoms with Crippen LogP contribution in [0.1, 0.15) is 40.0 Å². The maximum Gasteiger partial charge on any atom is 0.256 e. The van der Waals surface area contributed by atoms with E-state index < -0.39 is 23.1 Å². The lowest BCUT2D eigenvalue weighted by atomic mass is 9.82. The van der Waals surface area contributed by atoms with Gasteiger partial charge in [0.1, 0.15) is 23.0 Å². The normalized spacial score (nSPS) is 18.0. The Hall–Kier alpha value is -2.18.